The number of hydrogen-bond donors (Lipinski definition) is 1. The van der Waals surface area contributed by atoms with Crippen LogP contribution in [0.3, 0.4) is 0 Å². The molecule has 2 aromatic heterocycles. The molecule has 0 aromatic carbocycles. The van der Waals surface area contributed by atoms with Crippen molar-refractivity contribution in [2.75, 3.05) is 6.54 Å². The van der Waals surface area contributed by atoms with E-state index < -0.39 is 0 Å². The Balaban J connectivity index is 1.88. The molecule has 1 aliphatic rings. The van der Waals surface area contributed by atoms with E-state index in [-0.39, 0.29) is 0 Å². The number of fused-ring (bicyclic) bond motifs is 1. The lowest BCUT2D eigenvalue weighted by Gasteiger charge is -2.30. The van der Waals surface area contributed by atoms with Crippen LogP contribution in [0.1, 0.15) is 61.1 Å². The van der Waals surface area contributed by atoms with Crippen molar-refractivity contribution in [2.45, 2.75) is 58.0 Å². The van der Waals surface area contributed by atoms with Gasteiger partial charge in [-0.3, -0.25) is 4.68 Å². The van der Waals surface area contributed by atoms with Gasteiger partial charge >= 0.3 is 0 Å². The van der Waals surface area contributed by atoms with Gasteiger partial charge in [0, 0.05) is 35.1 Å². The minimum atomic E-state index is 0.397. The van der Waals surface area contributed by atoms with Crippen molar-refractivity contribution in [1.82, 2.24) is 15.1 Å². The Bertz CT molecular complexity index is 572. The van der Waals surface area contributed by atoms with Crippen LogP contribution >= 0.6 is 11.3 Å². The fourth-order valence-electron chi connectivity index (χ4n) is 3.47. The first-order chi connectivity index (χ1) is 10.3. The summed E-state index contributed by atoms with van der Waals surface area (Å²) in [5, 5.41) is 10.5. The Labute approximate surface area is 131 Å². The summed E-state index contributed by atoms with van der Waals surface area (Å²) < 4.78 is 2.08. The highest BCUT2D eigenvalue weighted by Gasteiger charge is 2.30. The van der Waals surface area contributed by atoms with E-state index in [1.165, 1.54) is 24.8 Å². The summed E-state index contributed by atoms with van der Waals surface area (Å²) in [5.74, 6) is 0.597. The molecule has 21 heavy (non-hydrogen) atoms. The van der Waals surface area contributed by atoms with Crippen LogP contribution in [-0.2, 0) is 13.0 Å². The molecular weight excluding hydrogens is 278 g/mol. The van der Waals surface area contributed by atoms with Gasteiger partial charge in [0.15, 0.2) is 0 Å². The van der Waals surface area contributed by atoms with Crippen LogP contribution in [0.15, 0.2) is 23.8 Å². The summed E-state index contributed by atoms with van der Waals surface area (Å²) in [5.41, 5.74) is 2.91. The molecule has 4 heteroatoms. The number of rotatable bonds is 6. The van der Waals surface area contributed by atoms with Gasteiger partial charge in [0.2, 0.25) is 0 Å². The fourth-order valence-corrected chi connectivity index (χ4v) is 4.47. The lowest BCUT2D eigenvalue weighted by atomic mass is 9.80. The monoisotopic (exact) mass is 303 g/mol. The predicted molar refractivity (Wildman–Crippen MR) is 88.9 cm³/mol. The molecule has 0 saturated carbocycles. The van der Waals surface area contributed by atoms with Gasteiger partial charge in [0.05, 0.1) is 6.20 Å². The van der Waals surface area contributed by atoms with Crippen molar-refractivity contribution >= 4 is 11.3 Å². The van der Waals surface area contributed by atoms with Crippen molar-refractivity contribution in [2.24, 2.45) is 0 Å². The van der Waals surface area contributed by atoms with Gasteiger partial charge in [-0.05, 0) is 49.2 Å². The second-order valence-corrected chi connectivity index (χ2v) is 6.87. The zero-order chi connectivity index (χ0) is 14.7. The number of nitrogens with zero attached hydrogens (tertiary/aromatic N) is 2. The van der Waals surface area contributed by atoms with Crippen LogP contribution in [-0.4, -0.2) is 16.3 Å². The normalized spacial score (nSPS) is 19.4. The van der Waals surface area contributed by atoms with Crippen LogP contribution < -0.4 is 5.32 Å². The number of aromatic nitrogens is 2. The summed E-state index contributed by atoms with van der Waals surface area (Å²) in [7, 11) is 0. The molecule has 0 aliphatic heterocycles. The number of nitrogens with one attached hydrogen (secondary N) is 1. The first-order valence-electron chi connectivity index (χ1n) is 8.15. The summed E-state index contributed by atoms with van der Waals surface area (Å²) in [6.45, 7) is 6.40. The van der Waals surface area contributed by atoms with Gasteiger partial charge in [-0.15, -0.1) is 11.3 Å². The largest absolute Gasteiger partial charge is 0.310 e. The Morgan fingerprint density at radius 1 is 1.48 bits per heavy atom. The molecule has 0 spiro atoms. The van der Waals surface area contributed by atoms with Gasteiger partial charge in [0.1, 0.15) is 0 Å². The molecule has 0 bridgehead atoms. The maximum absolute atomic E-state index is 4.53. The molecule has 2 atom stereocenters. The molecule has 0 saturated heterocycles. The maximum atomic E-state index is 4.53. The van der Waals surface area contributed by atoms with E-state index in [4.69, 9.17) is 0 Å². The predicted octanol–water partition coefficient (Wildman–Crippen LogP) is 4.13. The number of hydrogen-bond acceptors (Lipinski definition) is 3. The summed E-state index contributed by atoms with van der Waals surface area (Å²) >= 11 is 1.92. The van der Waals surface area contributed by atoms with E-state index >= 15 is 0 Å². The Kier molecular flexibility index (Phi) is 4.76. The lowest BCUT2D eigenvalue weighted by molar-refractivity contribution is 0.411. The van der Waals surface area contributed by atoms with Gasteiger partial charge in [-0.25, -0.2) is 0 Å². The minimum absolute atomic E-state index is 0.397. The van der Waals surface area contributed by atoms with Crippen LogP contribution in [0, 0.1) is 0 Å². The van der Waals surface area contributed by atoms with Crippen molar-refractivity contribution in [3.63, 3.8) is 0 Å². The highest BCUT2D eigenvalue weighted by atomic mass is 32.1. The van der Waals surface area contributed by atoms with E-state index in [0.717, 1.165) is 19.5 Å². The van der Waals surface area contributed by atoms with E-state index in [1.807, 2.05) is 11.3 Å². The van der Waals surface area contributed by atoms with Crippen molar-refractivity contribution in [3.05, 3.63) is 39.8 Å². The highest BCUT2D eigenvalue weighted by molar-refractivity contribution is 7.10. The molecule has 114 valence electrons. The molecule has 3 rings (SSSR count). The van der Waals surface area contributed by atoms with Gasteiger partial charge in [0.25, 0.3) is 0 Å². The average Bonchev–Trinajstić information content (AvgIpc) is 3.13. The zero-order valence-corrected chi connectivity index (χ0v) is 13.8. The summed E-state index contributed by atoms with van der Waals surface area (Å²) in [4.78, 5) is 1.59. The standard InChI is InChI=1S/C17H25N3S/c1-3-9-20-12-13(11-19-20)17(18-4-2)15-6-5-7-16-14(15)8-10-21-16/h8,10-12,15,17-18H,3-7,9H2,1-2H3. The Morgan fingerprint density at radius 3 is 3.19 bits per heavy atom. The van der Waals surface area contributed by atoms with E-state index in [0.29, 0.717) is 12.0 Å². The average molecular weight is 303 g/mol. The third-order valence-electron chi connectivity index (χ3n) is 4.39. The van der Waals surface area contributed by atoms with Crippen molar-refractivity contribution in [3.8, 4) is 0 Å². The molecule has 2 unspecified atom stereocenters. The highest BCUT2D eigenvalue weighted by Crippen LogP contribution is 2.42. The molecule has 2 aromatic rings. The van der Waals surface area contributed by atoms with Crippen LogP contribution in [0.25, 0.3) is 0 Å². The molecular formula is C17H25N3S. The number of thiophene rings is 1. The first kappa shape index (κ1) is 14.8. The van der Waals surface area contributed by atoms with Crippen molar-refractivity contribution < 1.29 is 0 Å². The molecule has 2 heterocycles. The summed E-state index contributed by atoms with van der Waals surface area (Å²) in [6, 6.07) is 2.74. The smallest absolute Gasteiger partial charge is 0.0537 e. The summed E-state index contributed by atoms with van der Waals surface area (Å²) in [6.07, 6.45) is 9.27. The molecule has 3 nitrogen and oxygen atoms in total. The third-order valence-corrected chi connectivity index (χ3v) is 5.39. The second-order valence-electron chi connectivity index (χ2n) is 5.87. The van der Waals surface area contributed by atoms with E-state index in [1.54, 1.807) is 10.4 Å². The molecule has 1 N–H and O–H groups in total. The van der Waals surface area contributed by atoms with E-state index in [9.17, 15) is 0 Å². The Morgan fingerprint density at radius 2 is 2.38 bits per heavy atom. The van der Waals surface area contributed by atoms with Crippen LogP contribution in [0.5, 0.6) is 0 Å². The van der Waals surface area contributed by atoms with Crippen LogP contribution in [0.4, 0.5) is 0 Å². The SMILES string of the molecule is CCCn1cc(C(NCC)C2CCCc3sccc32)cn1. The molecule has 0 amide bonds. The minimum Gasteiger partial charge on any atom is -0.310 e. The van der Waals surface area contributed by atoms with E-state index in [2.05, 4.69) is 52.8 Å². The molecule has 1 aliphatic carbocycles. The third kappa shape index (κ3) is 3.06. The van der Waals surface area contributed by atoms with Gasteiger partial charge in [-0.1, -0.05) is 13.8 Å². The Hall–Kier alpha value is -1.13. The molecule has 0 radical (unpaired) electrons. The first-order valence-corrected chi connectivity index (χ1v) is 9.03. The maximum Gasteiger partial charge on any atom is 0.0537 e. The van der Waals surface area contributed by atoms with Gasteiger partial charge < -0.3 is 5.32 Å². The van der Waals surface area contributed by atoms with Gasteiger partial charge in [-0.2, -0.15) is 5.10 Å². The number of likely N-dealkylation sites (N-methyl/N-ethyl adjacent to an activating group) is 1. The topological polar surface area (TPSA) is 29.9 Å². The van der Waals surface area contributed by atoms with Crippen LogP contribution in [0.2, 0.25) is 0 Å². The quantitative estimate of drug-likeness (QED) is 0.869. The van der Waals surface area contributed by atoms with Crippen molar-refractivity contribution in [1.29, 1.82) is 0 Å². The second kappa shape index (κ2) is 6.75. The fraction of sp³-hybridized carbons (Fsp3) is 0.588. The zero-order valence-electron chi connectivity index (χ0n) is 13.0. The number of aryl methyl sites for hydroxylation is 2. The molecule has 0 fully saturated rings. The lowest BCUT2D eigenvalue weighted by Crippen LogP contribution is -2.28.